The van der Waals surface area contributed by atoms with E-state index in [4.69, 9.17) is 10.3 Å². The summed E-state index contributed by atoms with van der Waals surface area (Å²) in [7, 11) is 0. The highest BCUT2D eigenvalue weighted by Crippen LogP contribution is 2.26. The third kappa shape index (κ3) is 4.66. The first kappa shape index (κ1) is 18.2. The SMILES string of the molecule is Cl.N#CN/C(=N\C(c1ccccc1)c1ccccc1)c1cccnc1. The third-order valence-electron chi connectivity index (χ3n) is 3.60. The van der Waals surface area contributed by atoms with Crippen molar-refractivity contribution in [1.82, 2.24) is 10.3 Å². The van der Waals surface area contributed by atoms with Crippen LogP contribution in [0.2, 0.25) is 0 Å². The van der Waals surface area contributed by atoms with Crippen molar-refractivity contribution in [3.05, 3.63) is 102 Å². The summed E-state index contributed by atoms with van der Waals surface area (Å²) < 4.78 is 0. The zero-order valence-corrected chi connectivity index (χ0v) is 14.2. The molecule has 5 heteroatoms. The van der Waals surface area contributed by atoms with Crippen LogP contribution in [0.4, 0.5) is 0 Å². The topological polar surface area (TPSA) is 61.1 Å². The van der Waals surface area contributed by atoms with E-state index in [1.807, 2.05) is 79.0 Å². The highest BCUT2D eigenvalue weighted by atomic mass is 35.5. The smallest absolute Gasteiger partial charge is 0.182 e. The molecule has 0 atom stereocenters. The van der Waals surface area contributed by atoms with E-state index < -0.39 is 0 Å². The fraction of sp³-hybridized carbons (Fsp3) is 0.0500. The Morgan fingerprint density at radius 3 is 2.00 bits per heavy atom. The number of rotatable bonds is 4. The average molecular weight is 349 g/mol. The summed E-state index contributed by atoms with van der Waals surface area (Å²) in [6.45, 7) is 0. The molecule has 0 spiro atoms. The number of amidine groups is 1. The Bertz CT molecular complexity index is 804. The molecule has 3 rings (SSSR count). The lowest BCUT2D eigenvalue weighted by Crippen LogP contribution is -2.20. The van der Waals surface area contributed by atoms with Gasteiger partial charge in [0.05, 0.1) is 0 Å². The van der Waals surface area contributed by atoms with Crippen LogP contribution in [0.3, 0.4) is 0 Å². The Labute approximate surface area is 153 Å². The molecule has 0 amide bonds. The van der Waals surface area contributed by atoms with Gasteiger partial charge in [-0.2, -0.15) is 5.26 Å². The second-order valence-corrected chi connectivity index (χ2v) is 5.18. The van der Waals surface area contributed by atoms with Crippen LogP contribution >= 0.6 is 12.4 Å². The highest BCUT2D eigenvalue weighted by Gasteiger charge is 2.14. The molecule has 4 nitrogen and oxygen atoms in total. The van der Waals surface area contributed by atoms with E-state index >= 15 is 0 Å². The summed E-state index contributed by atoms with van der Waals surface area (Å²) in [5.41, 5.74) is 2.89. The predicted molar refractivity (Wildman–Crippen MR) is 101 cm³/mol. The van der Waals surface area contributed by atoms with Crippen molar-refractivity contribution in [2.24, 2.45) is 4.99 Å². The lowest BCUT2D eigenvalue weighted by atomic mass is 9.99. The quantitative estimate of drug-likeness (QED) is 0.334. The molecule has 0 aliphatic carbocycles. The zero-order chi connectivity index (χ0) is 16.6. The highest BCUT2D eigenvalue weighted by molar-refractivity contribution is 5.99. The van der Waals surface area contributed by atoms with E-state index in [1.54, 1.807) is 12.4 Å². The molecule has 0 saturated heterocycles. The molecule has 0 aliphatic rings. The maximum absolute atomic E-state index is 9.09. The molecular formula is C20H17ClN4. The minimum absolute atomic E-state index is 0. The molecule has 124 valence electrons. The summed E-state index contributed by atoms with van der Waals surface area (Å²) in [5, 5.41) is 11.8. The second-order valence-electron chi connectivity index (χ2n) is 5.18. The second kappa shape index (κ2) is 9.21. The van der Waals surface area contributed by atoms with Gasteiger partial charge in [-0.05, 0) is 23.3 Å². The molecule has 1 N–H and O–H groups in total. The minimum Gasteiger partial charge on any atom is -0.277 e. The Morgan fingerprint density at radius 2 is 1.52 bits per heavy atom. The van der Waals surface area contributed by atoms with Crippen LogP contribution in [0.25, 0.3) is 0 Å². The van der Waals surface area contributed by atoms with Gasteiger partial charge in [0.15, 0.2) is 6.19 Å². The maximum Gasteiger partial charge on any atom is 0.182 e. The molecule has 2 aromatic carbocycles. The largest absolute Gasteiger partial charge is 0.277 e. The van der Waals surface area contributed by atoms with Gasteiger partial charge in [-0.15, -0.1) is 12.4 Å². The number of nitrogens with zero attached hydrogens (tertiary/aromatic N) is 3. The molecule has 0 bridgehead atoms. The van der Waals surface area contributed by atoms with E-state index in [0.717, 1.165) is 16.7 Å². The van der Waals surface area contributed by atoms with Gasteiger partial charge in [0.1, 0.15) is 11.9 Å². The van der Waals surface area contributed by atoms with E-state index in [0.29, 0.717) is 5.84 Å². The summed E-state index contributed by atoms with van der Waals surface area (Å²) in [4.78, 5) is 8.93. The maximum atomic E-state index is 9.09. The number of nitrogens with one attached hydrogen (secondary N) is 1. The Morgan fingerprint density at radius 1 is 0.920 bits per heavy atom. The first-order chi connectivity index (χ1) is 11.9. The lowest BCUT2D eigenvalue weighted by molar-refractivity contribution is 0.865. The predicted octanol–water partition coefficient (Wildman–Crippen LogP) is 4.11. The number of hydrogen-bond donors (Lipinski definition) is 1. The standard InChI is InChI=1S/C20H16N4.ClH/c21-15-23-20(18-12-7-13-22-14-18)24-19(16-8-3-1-4-9-16)17-10-5-2-6-11-17;/h1-14,19H,(H,23,24);1H. The molecule has 1 aromatic heterocycles. The van der Waals surface area contributed by atoms with Gasteiger partial charge in [0.2, 0.25) is 0 Å². The molecule has 1 heterocycles. The monoisotopic (exact) mass is 348 g/mol. The van der Waals surface area contributed by atoms with Crippen molar-refractivity contribution in [2.45, 2.75) is 6.04 Å². The molecule has 0 fully saturated rings. The van der Waals surface area contributed by atoms with Crippen molar-refractivity contribution < 1.29 is 0 Å². The minimum atomic E-state index is -0.205. The van der Waals surface area contributed by atoms with Gasteiger partial charge >= 0.3 is 0 Å². The molecule has 0 radical (unpaired) electrons. The van der Waals surface area contributed by atoms with E-state index in [1.165, 1.54) is 0 Å². The number of halogens is 1. The van der Waals surface area contributed by atoms with Crippen LogP contribution in [-0.2, 0) is 0 Å². The number of nitriles is 1. The van der Waals surface area contributed by atoms with Gasteiger partial charge in [0, 0.05) is 18.0 Å². The lowest BCUT2D eigenvalue weighted by Gasteiger charge is -2.16. The van der Waals surface area contributed by atoms with E-state index in [2.05, 4.69) is 10.3 Å². The van der Waals surface area contributed by atoms with Gasteiger partial charge in [-0.1, -0.05) is 60.7 Å². The van der Waals surface area contributed by atoms with Crippen molar-refractivity contribution >= 4 is 18.2 Å². The molecule has 0 aliphatic heterocycles. The van der Waals surface area contributed by atoms with Crippen LogP contribution in [0, 0.1) is 11.5 Å². The summed E-state index contributed by atoms with van der Waals surface area (Å²) in [6.07, 6.45) is 5.35. The van der Waals surface area contributed by atoms with Crippen molar-refractivity contribution in [3.63, 3.8) is 0 Å². The van der Waals surface area contributed by atoms with Crippen LogP contribution in [0.5, 0.6) is 0 Å². The summed E-state index contributed by atoms with van der Waals surface area (Å²) >= 11 is 0. The van der Waals surface area contributed by atoms with Gasteiger partial charge in [0.25, 0.3) is 0 Å². The van der Waals surface area contributed by atoms with E-state index in [-0.39, 0.29) is 18.4 Å². The fourth-order valence-corrected chi connectivity index (χ4v) is 2.48. The number of benzene rings is 2. The van der Waals surface area contributed by atoms with Crippen LogP contribution in [-0.4, -0.2) is 10.8 Å². The van der Waals surface area contributed by atoms with Gasteiger partial charge in [-0.25, -0.2) is 0 Å². The van der Waals surface area contributed by atoms with Gasteiger partial charge in [-0.3, -0.25) is 15.3 Å². The number of hydrogen-bond acceptors (Lipinski definition) is 3. The number of aromatic nitrogens is 1. The zero-order valence-electron chi connectivity index (χ0n) is 13.4. The number of aliphatic imine (C=N–C) groups is 1. The molecule has 0 saturated carbocycles. The van der Waals surface area contributed by atoms with Crippen LogP contribution < -0.4 is 5.32 Å². The van der Waals surface area contributed by atoms with Crippen LogP contribution in [0.15, 0.2) is 90.2 Å². The Hall–Kier alpha value is -3.16. The Balaban J connectivity index is 0.00000225. The molecule has 0 unspecified atom stereocenters. The molecule has 3 aromatic rings. The normalized spacial score (nSPS) is 10.6. The van der Waals surface area contributed by atoms with Crippen molar-refractivity contribution in [3.8, 4) is 6.19 Å². The van der Waals surface area contributed by atoms with E-state index in [9.17, 15) is 0 Å². The third-order valence-corrected chi connectivity index (χ3v) is 3.60. The fourth-order valence-electron chi connectivity index (χ4n) is 2.48. The first-order valence-electron chi connectivity index (χ1n) is 7.61. The Kier molecular flexibility index (Phi) is 6.70. The number of pyridine rings is 1. The summed E-state index contributed by atoms with van der Waals surface area (Å²) in [6, 6.07) is 23.5. The first-order valence-corrected chi connectivity index (χ1v) is 7.61. The van der Waals surface area contributed by atoms with Gasteiger partial charge < -0.3 is 0 Å². The molecule has 25 heavy (non-hydrogen) atoms. The van der Waals surface area contributed by atoms with Crippen LogP contribution in [0.1, 0.15) is 22.7 Å². The molecular weight excluding hydrogens is 332 g/mol. The summed E-state index contributed by atoms with van der Waals surface area (Å²) in [5.74, 6) is 0.503. The average Bonchev–Trinajstić information content (AvgIpc) is 2.67. The van der Waals surface area contributed by atoms with Crippen molar-refractivity contribution in [1.29, 1.82) is 5.26 Å². The van der Waals surface area contributed by atoms with Crippen molar-refractivity contribution in [2.75, 3.05) is 0 Å².